The molecule has 128 valence electrons. The van der Waals surface area contributed by atoms with E-state index in [0.717, 1.165) is 11.6 Å². The minimum absolute atomic E-state index is 0.234. The van der Waals surface area contributed by atoms with Crippen LogP contribution in [0.1, 0.15) is 34.5 Å². The van der Waals surface area contributed by atoms with Crippen LogP contribution in [-0.4, -0.2) is 20.7 Å². The van der Waals surface area contributed by atoms with E-state index in [1.807, 2.05) is 12.1 Å². The van der Waals surface area contributed by atoms with E-state index in [1.165, 1.54) is 18.5 Å². The zero-order chi connectivity index (χ0) is 17.8. The lowest BCUT2D eigenvalue weighted by Gasteiger charge is -2.15. The number of benzene rings is 2. The molecule has 1 amide bonds. The summed E-state index contributed by atoms with van der Waals surface area (Å²) in [4.78, 5) is 16.2. The van der Waals surface area contributed by atoms with E-state index in [9.17, 15) is 13.6 Å². The van der Waals surface area contributed by atoms with E-state index in [4.69, 9.17) is 0 Å². The number of aromatic nitrogens is 3. The molecule has 0 aliphatic carbocycles. The van der Waals surface area contributed by atoms with Crippen LogP contribution in [0.4, 0.5) is 8.78 Å². The lowest BCUT2D eigenvalue weighted by atomic mass is 10.1. The summed E-state index contributed by atoms with van der Waals surface area (Å²) < 4.78 is 28.4. The zero-order valence-electron chi connectivity index (χ0n) is 13.5. The van der Waals surface area contributed by atoms with Crippen LogP contribution in [0.5, 0.6) is 0 Å². The zero-order valence-corrected chi connectivity index (χ0v) is 13.5. The fraction of sp³-hybridized carbons (Fsp3) is 0.167. The van der Waals surface area contributed by atoms with Crippen molar-refractivity contribution in [1.82, 2.24) is 20.1 Å². The summed E-state index contributed by atoms with van der Waals surface area (Å²) in [6.45, 7) is 2.20. The second-order valence-corrected chi connectivity index (χ2v) is 5.65. The molecule has 1 aromatic heterocycles. The number of nitrogens with one attached hydrogen (secondary N) is 1. The van der Waals surface area contributed by atoms with Gasteiger partial charge in [-0.25, -0.2) is 18.4 Å². The smallest absolute Gasteiger partial charge is 0.251 e. The molecule has 1 atom stereocenters. The summed E-state index contributed by atoms with van der Waals surface area (Å²) in [6, 6.07) is 9.74. The summed E-state index contributed by atoms with van der Waals surface area (Å²) in [5.41, 5.74) is 1.66. The SMILES string of the molecule is C[C@H](NC(=O)c1ccc(Cn2cncn2)cc1)c1ccc(F)cc1F. The Morgan fingerprint density at radius 2 is 1.96 bits per heavy atom. The minimum Gasteiger partial charge on any atom is -0.345 e. The Morgan fingerprint density at radius 3 is 2.60 bits per heavy atom. The van der Waals surface area contributed by atoms with Gasteiger partial charge >= 0.3 is 0 Å². The van der Waals surface area contributed by atoms with Crippen molar-refractivity contribution < 1.29 is 13.6 Å². The van der Waals surface area contributed by atoms with Gasteiger partial charge in [-0.1, -0.05) is 18.2 Å². The van der Waals surface area contributed by atoms with Gasteiger partial charge in [-0.3, -0.25) is 4.79 Å². The van der Waals surface area contributed by atoms with E-state index in [-0.39, 0.29) is 11.5 Å². The molecule has 0 bridgehead atoms. The molecular weight excluding hydrogens is 326 g/mol. The number of hydrogen-bond acceptors (Lipinski definition) is 3. The number of carbonyl (C=O) groups excluding carboxylic acids is 1. The first kappa shape index (κ1) is 16.8. The quantitative estimate of drug-likeness (QED) is 0.775. The van der Waals surface area contributed by atoms with Gasteiger partial charge in [0, 0.05) is 17.2 Å². The normalized spacial score (nSPS) is 12.0. The topological polar surface area (TPSA) is 59.8 Å². The molecule has 1 heterocycles. The summed E-state index contributed by atoms with van der Waals surface area (Å²) in [5.74, 6) is -1.66. The minimum atomic E-state index is -0.684. The molecule has 7 heteroatoms. The van der Waals surface area contributed by atoms with Crippen LogP contribution < -0.4 is 5.32 Å². The maximum absolute atomic E-state index is 13.8. The number of nitrogens with zero attached hydrogens (tertiary/aromatic N) is 3. The maximum Gasteiger partial charge on any atom is 0.251 e. The molecule has 2 aromatic carbocycles. The molecule has 3 aromatic rings. The van der Waals surface area contributed by atoms with Crippen LogP contribution in [0.25, 0.3) is 0 Å². The van der Waals surface area contributed by atoms with Gasteiger partial charge in [0.1, 0.15) is 24.3 Å². The maximum atomic E-state index is 13.8. The highest BCUT2D eigenvalue weighted by atomic mass is 19.1. The van der Waals surface area contributed by atoms with Crippen LogP contribution in [0.3, 0.4) is 0 Å². The van der Waals surface area contributed by atoms with Crippen LogP contribution in [-0.2, 0) is 6.54 Å². The van der Waals surface area contributed by atoms with E-state index in [2.05, 4.69) is 15.4 Å². The fourth-order valence-electron chi connectivity index (χ4n) is 2.47. The number of rotatable bonds is 5. The van der Waals surface area contributed by atoms with Crippen molar-refractivity contribution in [1.29, 1.82) is 0 Å². The highest BCUT2D eigenvalue weighted by Crippen LogP contribution is 2.18. The van der Waals surface area contributed by atoms with Crippen molar-refractivity contribution in [2.24, 2.45) is 0 Å². The van der Waals surface area contributed by atoms with Crippen LogP contribution in [0.15, 0.2) is 55.1 Å². The highest BCUT2D eigenvalue weighted by molar-refractivity contribution is 5.94. The average molecular weight is 342 g/mol. The molecular formula is C18H16F2N4O. The van der Waals surface area contributed by atoms with Crippen LogP contribution in [0.2, 0.25) is 0 Å². The van der Waals surface area contributed by atoms with Crippen LogP contribution >= 0.6 is 0 Å². The van der Waals surface area contributed by atoms with Gasteiger partial charge in [0.2, 0.25) is 0 Å². The van der Waals surface area contributed by atoms with E-state index in [0.29, 0.717) is 12.1 Å². The third-order valence-corrected chi connectivity index (χ3v) is 3.80. The van der Waals surface area contributed by atoms with Crippen molar-refractivity contribution >= 4 is 5.91 Å². The fourth-order valence-corrected chi connectivity index (χ4v) is 2.47. The van der Waals surface area contributed by atoms with Gasteiger partial charge in [-0.05, 0) is 30.7 Å². The standard InChI is InChI=1S/C18H16F2N4O/c1-12(16-7-6-15(19)8-17(16)20)23-18(25)14-4-2-13(3-5-14)9-24-11-21-10-22-24/h2-8,10-12H,9H2,1H3,(H,23,25)/t12-/m0/s1. The molecule has 0 unspecified atom stereocenters. The molecule has 0 fully saturated rings. The monoisotopic (exact) mass is 342 g/mol. The van der Waals surface area contributed by atoms with Crippen LogP contribution in [0, 0.1) is 11.6 Å². The summed E-state index contributed by atoms with van der Waals surface area (Å²) in [7, 11) is 0. The van der Waals surface area contributed by atoms with Gasteiger partial charge in [-0.15, -0.1) is 0 Å². The second kappa shape index (κ2) is 7.21. The molecule has 25 heavy (non-hydrogen) atoms. The number of hydrogen-bond donors (Lipinski definition) is 1. The Hall–Kier alpha value is -3.09. The third-order valence-electron chi connectivity index (χ3n) is 3.80. The Labute approximate surface area is 143 Å². The largest absolute Gasteiger partial charge is 0.345 e. The Morgan fingerprint density at radius 1 is 1.20 bits per heavy atom. The first-order valence-corrected chi connectivity index (χ1v) is 7.70. The predicted octanol–water partition coefficient (Wildman–Crippen LogP) is 3.10. The summed E-state index contributed by atoms with van der Waals surface area (Å²) in [5, 5.41) is 6.73. The lowest BCUT2D eigenvalue weighted by molar-refractivity contribution is 0.0939. The molecule has 3 rings (SSSR count). The van der Waals surface area contributed by atoms with Crippen molar-refractivity contribution in [3.8, 4) is 0 Å². The van der Waals surface area contributed by atoms with E-state index < -0.39 is 17.7 Å². The molecule has 0 radical (unpaired) electrons. The number of carbonyl (C=O) groups is 1. The van der Waals surface area contributed by atoms with Crippen molar-refractivity contribution in [3.63, 3.8) is 0 Å². The molecule has 0 spiro atoms. The number of halogens is 2. The van der Waals surface area contributed by atoms with Crippen molar-refractivity contribution in [3.05, 3.63) is 83.4 Å². The molecule has 0 saturated carbocycles. The lowest BCUT2D eigenvalue weighted by Crippen LogP contribution is -2.27. The number of amides is 1. The van der Waals surface area contributed by atoms with Crippen molar-refractivity contribution in [2.45, 2.75) is 19.5 Å². The highest BCUT2D eigenvalue weighted by Gasteiger charge is 2.15. The predicted molar refractivity (Wildman–Crippen MR) is 87.8 cm³/mol. The Balaban J connectivity index is 1.66. The first-order valence-electron chi connectivity index (χ1n) is 7.70. The van der Waals surface area contributed by atoms with Gasteiger partial charge in [0.05, 0.1) is 12.6 Å². The van der Waals surface area contributed by atoms with Gasteiger partial charge in [-0.2, -0.15) is 5.10 Å². The average Bonchev–Trinajstić information content (AvgIpc) is 3.08. The van der Waals surface area contributed by atoms with Gasteiger partial charge in [0.15, 0.2) is 0 Å². The first-order chi connectivity index (χ1) is 12.0. The molecule has 0 saturated heterocycles. The third kappa shape index (κ3) is 4.06. The molecule has 0 aliphatic heterocycles. The van der Waals surface area contributed by atoms with Gasteiger partial charge < -0.3 is 5.32 Å². The van der Waals surface area contributed by atoms with Gasteiger partial charge in [0.25, 0.3) is 5.91 Å². The van der Waals surface area contributed by atoms with Crippen molar-refractivity contribution in [2.75, 3.05) is 0 Å². The molecule has 5 nitrogen and oxygen atoms in total. The second-order valence-electron chi connectivity index (χ2n) is 5.65. The Bertz CT molecular complexity index is 863. The summed E-state index contributed by atoms with van der Waals surface area (Å²) in [6.07, 6.45) is 3.07. The summed E-state index contributed by atoms with van der Waals surface area (Å²) >= 11 is 0. The molecule has 0 aliphatic rings. The van der Waals surface area contributed by atoms with E-state index >= 15 is 0 Å². The van der Waals surface area contributed by atoms with E-state index in [1.54, 1.807) is 30.1 Å². The Kier molecular flexibility index (Phi) is 4.83. The molecule has 1 N–H and O–H groups in total.